The number of rotatable bonds is 4. The van der Waals surface area contributed by atoms with Crippen molar-refractivity contribution in [1.29, 1.82) is 0 Å². The largest absolute Gasteiger partial charge is 0.317 e. The molecule has 1 saturated carbocycles. The lowest BCUT2D eigenvalue weighted by atomic mass is 9.81. The third-order valence-corrected chi connectivity index (χ3v) is 4.25. The van der Waals surface area contributed by atoms with E-state index in [1.54, 1.807) is 0 Å². The monoisotopic (exact) mass is 251 g/mol. The maximum atomic E-state index is 5.90. The van der Waals surface area contributed by atoms with Gasteiger partial charge in [0, 0.05) is 11.1 Å². The van der Waals surface area contributed by atoms with Crippen LogP contribution >= 0.6 is 11.6 Å². The van der Waals surface area contributed by atoms with E-state index >= 15 is 0 Å². The number of aryl methyl sites for hydroxylation is 1. The van der Waals surface area contributed by atoms with Crippen molar-refractivity contribution in [3.8, 4) is 0 Å². The van der Waals surface area contributed by atoms with Gasteiger partial charge in [0.15, 0.2) is 0 Å². The smallest absolute Gasteiger partial charge is 0.0406 e. The molecule has 2 unspecified atom stereocenters. The van der Waals surface area contributed by atoms with Crippen LogP contribution in [0, 0.1) is 5.92 Å². The van der Waals surface area contributed by atoms with Gasteiger partial charge in [-0.05, 0) is 56.3 Å². The topological polar surface area (TPSA) is 12.0 Å². The van der Waals surface area contributed by atoms with Crippen LogP contribution in [-0.4, -0.2) is 13.1 Å². The van der Waals surface area contributed by atoms with E-state index < -0.39 is 0 Å². The van der Waals surface area contributed by atoms with Gasteiger partial charge in [-0.15, -0.1) is 0 Å². The molecule has 94 valence electrons. The molecule has 1 aromatic carbocycles. The molecule has 17 heavy (non-hydrogen) atoms. The van der Waals surface area contributed by atoms with Gasteiger partial charge in [-0.2, -0.15) is 0 Å². The minimum absolute atomic E-state index is 0.732. The highest BCUT2D eigenvalue weighted by molar-refractivity contribution is 6.30. The summed E-state index contributed by atoms with van der Waals surface area (Å²) in [5, 5.41) is 4.31. The minimum Gasteiger partial charge on any atom is -0.317 e. The van der Waals surface area contributed by atoms with Crippen LogP contribution in [0.25, 0.3) is 0 Å². The second-order valence-electron chi connectivity index (χ2n) is 5.10. The Balaban J connectivity index is 1.86. The third-order valence-electron chi connectivity index (χ3n) is 4.00. The molecule has 0 amide bonds. The molecule has 1 aliphatic rings. The van der Waals surface area contributed by atoms with Crippen LogP contribution in [0.15, 0.2) is 24.3 Å². The summed E-state index contributed by atoms with van der Waals surface area (Å²) in [6.07, 6.45) is 8.01. The van der Waals surface area contributed by atoms with Crippen molar-refractivity contribution in [3.05, 3.63) is 34.9 Å². The second-order valence-corrected chi connectivity index (χ2v) is 5.54. The van der Waals surface area contributed by atoms with Crippen molar-refractivity contribution in [3.63, 3.8) is 0 Å². The molecule has 1 fully saturated rings. The summed E-state index contributed by atoms with van der Waals surface area (Å²) in [5.74, 6) is 0.851. The molecule has 0 heterocycles. The van der Waals surface area contributed by atoms with E-state index in [-0.39, 0.29) is 0 Å². The highest BCUT2D eigenvalue weighted by atomic mass is 35.5. The van der Waals surface area contributed by atoms with Crippen LogP contribution in [0.2, 0.25) is 5.02 Å². The summed E-state index contributed by atoms with van der Waals surface area (Å²) in [5.41, 5.74) is 1.41. The van der Waals surface area contributed by atoms with E-state index in [2.05, 4.69) is 24.5 Å². The fraction of sp³-hybridized carbons (Fsp3) is 0.600. The minimum atomic E-state index is 0.732. The summed E-state index contributed by atoms with van der Waals surface area (Å²) >= 11 is 5.90. The average molecular weight is 252 g/mol. The Bertz CT molecular complexity index is 333. The predicted octanol–water partition coefficient (Wildman–Crippen LogP) is 4.05. The normalized spacial score (nSPS) is 24.8. The lowest BCUT2D eigenvalue weighted by Gasteiger charge is -2.31. The van der Waals surface area contributed by atoms with Crippen LogP contribution < -0.4 is 5.32 Å². The molecule has 1 aliphatic carbocycles. The van der Waals surface area contributed by atoms with Crippen molar-refractivity contribution in [2.24, 2.45) is 5.92 Å². The van der Waals surface area contributed by atoms with Gasteiger partial charge in [-0.3, -0.25) is 0 Å². The first-order valence-electron chi connectivity index (χ1n) is 6.71. The van der Waals surface area contributed by atoms with Crippen LogP contribution in [0.4, 0.5) is 0 Å². The number of hydrogen-bond acceptors (Lipinski definition) is 1. The molecule has 0 spiro atoms. The Morgan fingerprint density at radius 3 is 2.59 bits per heavy atom. The molecule has 0 aliphatic heterocycles. The average Bonchev–Trinajstić information content (AvgIpc) is 2.38. The van der Waals surface area contributed by atoms with E-state index in [4.69, 9.17) is 11.6 Å². The van der Waals surface area contributed by atoms with Gasteiger partial charge in [0.25, 0.3) is 0 Å². The van der Waals surface area contributed by atoms with Crippen molar-refractivity contribution in [1.82, 2.24) is 5.32 Å². The lowest BCUT2D eigenvalue weighted by Crippen LogP contribution is -2.36. The number of nitrogens with one attached hydrogen (secondary N) is 1. The second kappa shape index (κ2) is 6.42. The zero-order valence-corrected chi connectivity index (χ0v) is 11.3. The van der Waals surface area contributed by atoms with Crippen LogP contribution in [-0.2, 0) is 6.42 Å². The molecular formula is C15H22ClN. The summed E-state index contributed by atoms with van der Waals surface area (Å²) < 4.78 is 0. The molecule has 0 saturated heterocycles. The third kappa shape index (κ3) is 3.72. The maximum Gasteiger partial charge on any atom is 0.0406 e. The fourth-order valence-corrected chi connectivity index (χ4v) is 3.06. The van der Waals surface area contributed by atoms with Crippen LogP contribution in [0.3, 0.4) is 0 Å². The summed E-state index contributed by atoms with van der Waals surface area (Å²) in [4.78, 5) is 0. The van der Waals surface area contributed by atoms with E-state index in [1.165, 1.54) is 44.1 Å². The first-order chi connectivity index (χ1) is 8.29. The van der Waals surface area contributed by atoms with Crippen LogP contribution in [0.5, 0.6) is 0 Å². The first kappa shape index (κ1) is 12.9. The van der Waals surface area contributed by atoms with Gasteiger partial charge >= 0.3 is 0 Å². The maximum absolute atomic E-state index is 5.90. The molecule has 1 aromatic rings. The molecule has 2 rings (SSSR count). The fourth-order valence-electron chi connectivity index (χ4n) is 2.94. The van der Waals surface area contributed by atoms with Crippen LogP contribution in [0.1, 0.15) is 37.7 Å². The van der Waals surface area contributed by atoms with Gasteiger partial charge in [-0.25, -0.2) is 0 Å². The quantitative estimate of drug-likeness (QED) is 0.851. The summed E-state index contributed by atoms with van der Waals surface area (Å²) in [7, 11) is 2.10. The molecule has 0 aromatic heterocycles. The van der Waals surface area contributed by atoms with Crippen molar-refractivity contribution in [2.45, 2.75) is 44.6 Å². The zero-order chi connectivity index (χ0) is 12.1. The highest BCUT2D eigenvalue weighted by Crippen LogP contribution is 2.28. The molecular weight excluding hydrogens is 230 g/mol. The zero-order valence-electron chi connectivity index (χ0n) is 10.6. The molecule has 0 bridgehead atoms. The predicted molar refractivity (Wildman–Crippen MR) is 74.6 cm³/mol. The number of hydrogen-bond donors (Lipinski definition) is 1. The van der Waals surface area contributed by atoms with Crippen molar-refractivity contribution < 1.29 is 0 Å². The Morgan fingerprint density at radius 2 is 1.88 bits per heavy atom. The highest BCUT2D eigenvalue weighted by Gasteiger charge is 2.22. The molecule has 0 radical (unpaired) electrons. The molecule has 1 nitrogen and oxygen atoms in total. The molecule has 1 N–H and O–H groups in total. The Kier molecular flexibility index (Phi) is 4.87. The number of halogens is 1. The standard InChI is InChI=1S/C15H22ClN/c1-17-15-5-3-2-4-13(15)9-6-12-7-10-14(16)11-8-12/h7-8,10-11,13,15,17H,2-6,9H2,1H3. The Labute approximate surface area is 110 Å². The van der Waals surface area contributed by atoms with E-state index in [1.807, 2.05) is 12.1 Å². The van der Waals surface area contributed by atoms with Gasteiger partial charge in [0.2, 0.25) is 0 Å². The number of benzene rings is 1. The molecule has 2 heteroatoms. The molecule has 2 atom stereocenters. The summed E-state index contributed by atoms with van der Waals surface area (Å²) in [6, 6.07) is 9.02. The Hall–Kier alpha value is -0.530. The van der Waals surface area contributed by atoms with Gasteiger partial charge in [0.05, 0.1) is 0 Å². The van der Waals surface area contributed by atoms with E-state index in [0.29, 0.717) is 0 Å². The SMILES string of the molecule is CNC1CCCCC1CCc1ccc(Cl)cc1. The summed E-state index contributed by atoms with van der Waals surface area (Å²) in [6.45, 7) is 0. The van der Waals surface area contributed by atoms with Crippen molar-refractivity contribution in [2.75, 3.05) is 7.05 Å². The van der Waals surface area contributed by atoms with Crippen molar-refractivity contribution >= 4 is 11.6 Å². The van der Waals surface area contributed by atoms with E-state index in [9.17, 15) is 0 Å². The van der Waals surface area contributed by atoms with Gasteiger partial charge in [0.1, 0.15) is 0 Å². The lowest BCUT2D eigenvalue weighted by molar-refractivity contribution is 0.260. The first-order valence-corrected chi connectivity index (χ1v) is 7.09. The van der Waals surface area contributed by atoms with Gasteiger partial charge in [-0.1, -0.05) is 36.6 Å². The van der Waals surface area contributed by atoms with Gasteiger partial charge < -0.3 is 5.32 Å². The van der Waals surface area contributed by atoms with E-state index in [0.717, 1.165) is 17.0 Å². The Morgan fingerprint density at radius 1 is 1.18 bits per heavy atom.